The fourth-order valence-electron chi connectivity index (χ4n) is 3.18. The van der Waals surface area contributed by atoms with Gasteiger partial charge in [0.1, 0.15) is 11.3 Å². The standard InChI is InChI=1S/C21H26N4O5S/c1-4-29-13-12-25(21(26)30-5-2)31(27,28)18-8-6-17(7-9-18)15-24-16(3)23-19-14-22-11-10-20(19)24/h6-11,14H,4-5,12-13,15H2,1-3H3. The van der Waals surface area contributed by atoms with Crippen molar-refractivity contribution in [1.29, 1.82) is 0 Å². The van der Waals surface area contributed by atoms with E-state index in [9.17, 15) is 13.2 Å². The summed E-state index contributed by atoms with van der Waals surface area (Å²) in [4.78, 5) is 20.8. The Morgan fingerprint density at radius 1 is 1.13 bits per heavy atom. The number of carbonyl (C=O) groups excluding carboxylic acids is 1. The molecule has 31 heavy (non-hydrogen) atoms. The van der Waals surface area contributed by atoms with Crippen molar-refractivity contribution in [3.63, 3.8) is 0 Å². The van der Waals surface area contributed by atoms with E-state index in [4.69, 9.17) is 9.47 Å². The van der Waals surface area contributed by atoms with Crippen LogP contribution in [0.4, 0.5) is 4.79 Å². The molecule has 2 heterocycles. The molecular formula is C21H26N4O5S. The fourth-order valence-corrected chi connectivity index (χ4v) is 4.47. The lowest BCUT2D eigenvalue weighted by Gasteiger charge is -2.21. The van der Waals surface area contributed by atoms with Crippen LogP contribution in [0.3, 0.4) is 0 Å². The van der Waals surface area contributed by atoms with E-state index in [1.165, 1.54) is 12.1 Å². The molecule has 0 aliphatic heterocycles. The molecule has 0 saturated heterocycles. The SMILES string of the molecule is CCOCCN(C(=O)OCC)S(=O)(=O)c1ccc(Cn2c(C)nc3cnccc32)cc1. The van der Waals surface area contributed by atoms with Crippen LogP contribution in [-0.4, -0.2) is 59.7 Å². The first-order valence-corrected chi connectivity index (χ1v) is 11.5. The van der Waals surface area contributed by atoms with Crippen molar-refractivity contribution >= 4 is 27.1 Å². The Kier molecular flexibility index (Phi) is 7.24. The van der Waals surface area contributed by atoms with E-state index in [0.717, 1.165) is 22.4 Å². The van der Waals surface area contributed by atoms with E-state index in [0.29, 0.717) is 17.5 Å². The molecule has 0 saturated carbocycles. The lowest BCUT2D eigenvalue weighted by atomic mass is 10.2. The third-order valence-electron chi connectivity index (χ3n) is 4.71. The van der Waals surface area contributed by atoms with E-state index < -0.39 is 16.1 Å². The van der Waals surface area contributed by atoms with E-state index in [1.807, 2.05) is 17.6 Å². The zero-order valence-electron chi connectivity index (χ0n) is 17.8. The number of amides is 1. The molecule has 166 valence electrons. The molecule has 0 aliphatic carbocycles. The predicted octanol–water partition coefficient (Wildman–Crippen LogP) is 2.97. The number of fused-ring (bicyclic) bond motifs is 1. The Labute approximate surface area is 181 Å². The van der Waals surface area contributed by atoms with Crippen LogP contribution < -0.4 is 0 Å². The van der Waals surface area contributed by atoms with Gasteiger partial charge in [0.05, 0.1) is 36.4 Å². The van der Waals surface area contributed by atoms with Gasteiger partial charge in [0.25, 0.3) is 10.0 Å². The maximum absolute atomic E-state index is 13.0. The minimum atomic E-state index is -4.07. The van der Waals surface area contributed by atoms with Crippen LogP contribution in [0.1, 0.15) is 25.2 Å². The van der Waals surface area contributed by atoms with Crippen LogP contribution in [0.2, 0.25) is 0 Å². The molecule has 0 spiro atoms. The highest BCUT2D eigenvalue weighted by Crippen LogP contribution is 2.20. The molecule has 3 rings (SSSR count). The average Bonchev–Trinajstić information content (AvgIpc) is 3.07. The van der Waals surface area contributed by atoms with Gasteiger partial charge in [-0.15, -0.1) is 0 Å². The number of aromatic nitrogens is 3. The highest BCUT2D eigenvalue weighted by molar-refractivity contribution is 7.89. The average molecular weight is 447 g/mol. The molecule has 0 atom stereocenters. The quantitative estimate of drug-likeness (QED) is 0.466. The van der Waals surface area contributed by atoms with E-state index in [1.54, 1.807) is 38.4 Å². The van der Waals surface area contributed by atoms with Crippen molar-refractivity contribution in [2.75, 3.05) is 26.4 Å². The topological polar surface area (TPSA) is 104 Å². The van der Waals surface area contributed by atoms with Gasteiger partial charge >= 0.3 is 6.09 Å². The minimum Gasteiger partial charge on any atom is -0.449 e. The minimum absolute atomic E-state index is 0.0113. The van der Waals surface area contributed by atoms with Gasteiger partial charge in [-0.05, 0) is 44.5 Å². The van der Waals surface area contributed by atoms with Gasteiger partial charge in [-0.25, -0.2) is 18.2 Å². The van der Waals surface area contributed by atoms with Gasteiger partial charge in [0, 0.05) is 19.3 Å². The number of aryl methyl sites for hydroxylation is 1. The number of imidazole rings is 1. The number of rotatable bonds is 9. The highest BCUT2D eigenvalue weighted by Gasteiger charge is 2.30. The molecule has 0 fully saturated rings. The van der Waals surface area contributed by atoms with Crippen molar-refractivity contribution in [2.45, 2.75) is 32.2 Å². The second-order valence-electron chi connectivity index (χ2n) is 6.73. The largest absolute Gasteiger partial charge is 0.449 e. The normalized spacial score (nSPS) is 11.6. The lowest BCUT2D eigenvalue weighted by Crippen LogP contribution is -2.39. The summed E-state index contributed by atoms with van der Waals surface area (Å²) in [5.41, 5.74) is 2.65. The van der Waals surface area contributed by atoms with E-state index in [-0.39, 0.29) is 24.7 Å². The third-order valence-corrected chi connectivity index (χ3v) is 6.49. The first-order valence-electron chi connectivity index (χ1n) is 10.0. The summed E-state index contributed by atoms with van der Waals surface area (Å²) >= 11 is 0. The van der Waals surface area contributed by atoms with Crippen LogP contribution in [0, 0.1) is 6.92 Å². The Bertz CT molecular complexity index is 1140. The zero-order chi connectivity index (χ0) is 22.4. The first kappa shape index (κ1) is 22.7. The van der Waals surface area contributed by atoms with Crippen LogP contribution in [0.5, 0.6) is 0 Å². The van der Waals surface area contributed by atoms with Gasteiger partial charge in [0.2, 0.25) is 0 Å². The lowest BCUT2D eigenvalue weighted by molar-refractivity contribution is 0.106. The summed E-state index contributed by atoms with van der Waals surface area (Å²) in [7, 11) is -4.07. The number of nitrogens with zero attached hydrogens (tertiary/aromatic N) is 4. The molecule has 0 N–H and O–H groups in total. The zero-order valence-corrected chi connectivity index (χ0v) is 18.6. The second-order valence-corrected chi connectivity index (χ2v) is 8.59. The molecule has 1 amide bonds. The Morgan fingerprint density at radius 2 is 1.87 bits per heavy atom. The van der Waals surface area contributed by atoms with Gasteiger partial charge in [-0.2, -0.15) is 4.31 Å². The molecular weight excluding hydrogens is 420 g/mol. The number of sulfonamides is 1. The fraction of sp³-hybridized carbons (Fsp3) is 0.381. The molecule has 0 aliphatic rings. The summed E-state index contributed by atoms with van der Waals surface area (Å²) in [5, 5.41) is 0. The number of pyridine rings is 1. The number of ether oxygens (including phenoxy) is 2. The van der Waals surface area contributed by atoms with Crippen LogP contribution in [0.25, 0.3) is 11.0 Å². The summed E-state index contributed by atoms with van der Waals surface area (Å²) < 4.78 is 39.0. The molecule has 1 aromatic carbocycles. The van der Waals surface area contributed by atoms with Crippen molar-refractivity contribution in [3.05, 3.63) is 54.1 Å². The van der Waals surface area contributed by atoms with Crippen molar-refractivity contribution in [3.8, 4) is 0 Å². The first-order chi connectivity index (χ1) is 14.9. The number of hydrogen-bond acceptors (Lipinski definition) is 7. The molecule has 2 aromatic heterocycles. The number of hydrogen-bond donors (Lipinski definition) is 0. The summed E-state index contributed by atoms with van der Waals surface area (Å²) in [6.07, 6.45) is 2.50. The highest BCUT2D eigenvalue weighted by atomic mass is 32.2. The molecule has 0 radical (unpaired) electrons. The maximum atomic E-state index is 13.0. The smallest absolute Gasteiger partial charge is 0.423 e. The summed E-state index contributed by atoms with van der Waals surface area (Å²) in [6.45, 7) is 6.32. The molecule has 9 nitrogen and oxygen atoms in total. The molecule has 0 bridgehead atoms. The van der Waals surface area contributed by atoms with Crippen molar-refractivity contribution in [2.24, 2.45) is 0 Å². The Morgan fingerprint density at radius 3 is 2.55 bits per heavy atom. The summed E-state index contributed by atoms with van der Waals surface area (Å²) in [6, 6.07) is 8.33. The van der Waals surface area contributed by atoms with Gasteiger partial charge in [-0.3, -0.25) is 4.98 Å². The van der Waals surface area contributed by atoms with Gasteiger partial charge < -0.3 is 14.0 Å². The molecule has 3 aromatic rings. The van der Waals surface area contributed by atoms with Gasteiger partial charge in [0.15, 0.2) is 0 Å². The second kappa shape index (κ2) is 9.88. The van der Waals surface area contributed by atoms with Crippen molar-refractivity contribution < 1.29 is 22.7 Å². The predicted molar refractivity (Wildman–Crippen MR) is 115 cm³/mol. The van der Waals surface area contributed by atoms with E-state index >= 15 is 0 Å². The number of benzene rings is 1. The Hall–Kier alpha value is -2.98. The van der Waals surface area contributed by atoms with Crippen LogP contribution in [-0.2, 0) is 26.0 Å². The van der Waals surface area contributed by atoms with Crippen molar-refractivity contribution in [1.82, 2.24) is 18.8 Å². The monoisotopic (exact) mass is 446 g/mol. The third kappa shape index (κ3) is 5.02. The summed E-state index contributed by atoms with van der Waals surface area (Å²) in [5.74, 6) is 0.837. The maximum Gasteiger partial charge on any atom is 0.423 e. The molecule has 10 heteroatoms. The van der Waals surface area contributed by atoms with Crippen LogP contribution >= 0.6 is 0 Å². The van der Waals surface area contributed by atoms with Gasteiger partial charge in [-0.1, -0.05) is 12.1 Å². The van der Waals surface area contributed by atoms with E-state index in [2.05, 4.69) is 9.97 Å². The van der Waals surface area contributed by atoms with Crippen LogP contribution in [0.15, 0.2) is 47.6 Å². The molecule has 0 unspecified atom stereocenters. The Balaban J connectivity index is 1.84. The number of carbonyl (C=O) groups is 1.